The number of aromatic nitrogens is 2. The third-order valence-corrected chi connectivity index (χ3v) is 3.54. The van der Waals surface area contributed by atoms with Gasteiger partial charge in [0, 0.05) is 18.0 Å². The summed E-state index contributed by atoms with van der Waals surface area (Å²) in [5.41, 5.74) is 0.622. The molecule has 0 saturated carbocycles. The van der Waals surface area contributed by atoms with Crippen LogP contribution in [0.4, 0.5) is 4.39 Å². The minimum Gasteiger partial charge on any atom is -0.424 e. The fourth-order valence-electron chi connectivity index (χ4n) is 1.89. The lowest BCUT2D eigenvalue weighted by molar-refractivity contribution is 0.379. The van der Waals surface area contributed by atoms with Crippen LogP contribution in [0.1, 0.15) is 43.3 Å². The highest BCUT2D eigenvalue weighted by Crippen LogP contribution is 2.29. The minimum atomic E-state index is -0.499. The van der Waals surface area contributed by atoms with E-state index in [9.17, 15) is 4.39 Å². The summed E-state index contributed by atoms with van der Waals surface area (Å²) in [5.74, 6) is 0.470. The van der Waals surface area contributed by atoms with Gasteiger partial charge in [-0.3, -0.25) is 5.32 Å². The molecular formula is C13H14Cl2FN3O. The first kappa shape index (κ1) is 15.2. The topological polar surface area (TPSA) is 51.0 Å². The lowest BCUT2D eigenvalue weighted by Gasteiger charge is -2.19. The van der Waals surface area contributed by atoms with Gasteiger partial charge in [0.05, 0.1) is 11.1 Å². The smallest absolute Gasteiger partial charge is 0.233 e. The van der Waals surface area contributed by atoms with Crippen molar-refractivity contribution in [1.82, 2.24) is 15.5 Å². The van der Waals surface area contributed by atoms with E-state index in [1.54, 1.807) is 6.92 Å². The molecule has 20 heavy (non-hydrogen) atoms. The van der Waals surface area contributed by atoms with Crippen LogP contribution in [-0.4, -0.2) is 10.2 Å². The van der Waals surface area contributed by atoms with Crippen LogP contribution in [0, 0.1) is 12.7 Å². The third-order valence-electron chi connectivity index (χ3n) is 2.92. The molecule has 108 valence electrons. The number of nitrogens with zero attached hydrogens (tertiary/aromatic N) is 2. The number of hydrogen-bond acceptors (Lipinski definition) is 4. The molecule has 0 amide bonds. The Labute approximate surface area is 126 Å². The van der Waals surface area contributed by atoms with Crippen LogP contribution >= 0.6 is 23.2 Å². The first-order chi connectivity index (χ1) is 9.38. The van der Waals surface area contributed by atoms with Crippen LogP contribution in [-0.2, 0) is 0 Å². The maximum Gasteiger partial charge on any atom is 0.233 e. The Morgan fingerprint density at radius 3 is 2.45 bits per heavy atom. The predicted octanol–water partition coefficient (Wildman–Crippen LogP) is 4.24. The average Bonchev–Trinajstić information content (AvgIpc) is 2.80. The number of hydrogen-bond donors (Lipinski definition) is 1. The van der Waals surface area contributed by atoms with Crippen molar-refractivity contribution in [2.45, 2.75) is 32.9 Å². The Morgan fingerprint density at radius 1 is 1.15 bits per heavy atom. The Kier molecular flexibility index (Phi) is 4.62. The zero-order valence-electron chi connectivity index (χ0n) is 11.2. The van der Waals surface area contributed by atoms with Crippen molar-refractivity contribution in [2.75, 3.05) is 0 Å². The Hall–Kier alpha value is -1.17. The Morgan fingerprint density at radius 2 is 1.85 bits per heavy atom. The van der Waals surface area contributed by atoms with Gasteiger partial charge in [0.2, 0.25) is 11.8 Å². The largest absolute Gasteiger partial charge is 0.424 e. The van der Waals surface area contributed by atoms with Crippen molar-refractivity contribution in [3.63, 3.8) is 0 Å². The fraction of sp³-hybridized carbons (Fsp3) is 0.385. The molecule has 7 heteroatoms. The lowest BCUT2D eigenvalue weighted by Crippen LogP contribution is -2.23. The monoisotopic (exact) mass is 317 g/mol. The number of rotatable bonds is 4. The van der Waals surface area contributed by atoms with E-state index in [-0.39, 0.29) is 17.1 Å². The number of benzene rings is 1. The molecule has 0 aliphatic carbocycles. The highest BCUT2D eigenvalue weighted by molar-refractivity contribution is 6.35. The van der Waals surface area contributed by atoms with E-state index in [2.05, 4.69) is 15.5 Å². The molecule has 2 atom stereocenters. The van der Waals surface area contributed by atoms with Crippen LogP contribution in [0.15, 0.2) is 16.5 Å². The molecule has 0 fully saturated rings. The molecule has 1 aromatic heterocycles. The van der Waals surface area contributed by atoms with Gasteiger partial charge in [-0.1, -0.05) is 23.2 Å². The second-order valence-corrected chi connectivity index (χ2v) is 5.37. The van der Waals surface area contributed by atoms with E-state index in [0.29, 0.717) is 22.4 Å². The molecule has 4 nitrogen and oxygen atoms in total. The van der Waals surface area contributed by atoms with Crippen molar-refractivity contribution in [2.24, 2.45) is 0 Å². The van der Waals surface area contributed by atoms with Crippen molar-refractivity contribution < 1.29 is 8.81 Å². The fourth-order valence-corrected chi connectivity index (χ4v) is 2.44. The van der Waals surface area contributed by atoms with E-state index < -0.39 is 5.82 Å². The normalized spacial score (nSPS) is 14.3. The summed E-state index contributed by atoms with van der Waals surface area (Å²) in [6.07, 6.45) is 0. The molecule has 0 saturated heterocycles. The molecule has 2 rings (SSSR count). The van der Waals surface area contributed by atoms with Gasteiger partial charge in [0.15, 0.2) is 0 Å². The van der Waals surface area contributed by atoms with E-state index in [1.165, 1.54) is 12.1 Å². The van der Waals surface area contributed by atoms with Crippen LogP contribution in [0.25, 0.3) is 0 Å². The van der Waals surface area contributed by atoms with E-state index >= 15 is 0 Å². The minimum absolute atomic E-state index is 0.00604. The zero-order valence-corrected chi connectivity index (χ0v) is 12.8. The van der Waals surface area contributed by atoms with E-state index in [0.717, 1.165) is 0 Å². The van der Waals surface area contributed by atoms with Crippen molar-refractivity contribution in [1.29, 1.82) is 0 Å². The second kappa shape index (κ2) is 6.08. The first-order valence-corrected chi connectivity index (χ1v) is 6.84. The summed E-state index contributed by atoms with van der Waals surface area (Å²) in [5, 5.41) is 11.3. The molecule has 0 bridgehead atoms. The second-order valence-electron chi connectivity index (χ2n) is 4.56. The van der Waals surface area contributed by atoms with Crippen LogP contribution in [0.3, 0.4) is 0 Å². The molecule has 0 spiro atoms. The van der Waals surface area contributed by atoms with Crippen molar-refractivity contribution in [3.8, 4) is 0 Å². The summed E-state index contributed by atoms with van der Waals surface area (Å²) >= 11 is 11.8. The zero-order chi connectivity index (χ0) is 14.9. The number of halogens is 3. The van der Waals surface area contributed by atoms with Gasteiger partial charge >= 0.3 is 0 Å². The van der Waals surface area contributed by atoms with Gasteiger partial charge in [-0.15, -0.1) is 10.2 Å². The predicted molar refractivity (Wildman–Crippen MR) is 75.4 cm³/mol. The highest BCUT2D eigenvalue weighted by Gasteiger charge is 2.19. The quantitative estimate of drug-likeness (QED) is 0.857. The molecule has 0 aliphatic heterocycles. The lowest BCUT2D eigenvalue weighted by atomic mass is 10.1. The number of aryl methyl sites for hydroxylation is 1. The third kappa shape index (κ3) is 3.29. The van der Waals surface area contributed by atoms with Gasteiger partial charge in [-0.25, -0.2) is 4.39 Å². The maximum atomic E-state index is 13.5. The first-order valence-electron chi connectivity index (χ1n) is 6.09. The van der Waals surface area contributed by atoms with E-state index in [1.807, 2.05) is 13.8 Å². The SMILES string of the molecule is Cc1nnc(C(C)NC(C)c2cc(F)c(Cl)cc2Cl)o1. The summed E-state index contributed by atoms with van der Waals surface area (Å²) in [6.45, 7) is 5.47. The van der Waals surface area contributed by atoms with Crippen molar-refractivity contribution >= 4 is 23.2 Å². The molecule has 2 aromatic rings. The maximum absolute atomic E-state index is 13.5. The molecule has 0 radical (unpaired) electrons. The van der Waals surface area contributed by atoms with Gasteiger partial charge in [-0.05, 0) is 31.5 Å². The standard InChI is InChI=1S/C13H14Cl2FN3O/c1-6(9-4-12(16)11(15)5-10(9)14)17-7(2)13-19-18-8(3)20-13/h4-7,17H,1-3H3. The molecular weight excluding hydrogens is 304 g/mol. The molecule has 1 heterocycles. The van der Waals surface area contributed by atoms with Gasteiger partial charge in [0.1, 0.15) is 5.82 Å². The molecule has 1 N–H and O–H groups in total. The van der Waals surface area contributed by atoms with Crippen LogP contribution in [0.5, 0.6) is 0 Å². The van der Waals surface area contributed by atoms with Crippen LogP contribution < -0.4 is 5.32 Å². The van der Waals surface area contributed by atoms with Gasteiger partial charge in [-0.2, -0.15) is 0 Å². The number of nitrogens with one attached hydrogen (secondary N) is 1. The highest BCUT2D eigenvalue weighted by atomic mass is 35.5. The summed E-state index contributed by atoms with van der Waals surface area (Å²) in [7, 11) is 0. The summed E-state index contributed by atoms with van der Waals surface area (Å²) in [6, 6.07) is 2.35. The van der Waals surface area contributed by atoms with Crippen LogP contribution in [0.2, 0.25) is 10.0 Å². The molecule has 2 unspecified atom stereocenters. The molecule has 0 aliphatic rings. The summed E-state index contributed by atoms with van der Waals surface area (Å²) < 4.78 is 18.9. The van der Waals surface area contributed by atoms with Crippen molar-refractivity contribution in [3.05, 3.63) is 45.3 Å². The summed E-state index contributed by atoms with van der Waals surface area (Å²) in [4.78, 5) is 0. The molecule has 1 aromatic carbocycles. The van der Waals surface area contributed by atoms with Gasteiger partial charge < -0.3 is 4.42 Å². The Bertz CT molecular complexity index is 618. The Balaban J connectivity index is 2.16. The van der Waals surface area contributed by atoms with Gasteiger partial charge in [0.25, 0.3) is 0 Å². The van der Waals surface area contributed by atoms with E-state index in [4.69, 9.17) is 27.6 Å². The average molecular weight is 318 g/mol.